The number of aromatic amines is 1. The zero-order valence-corrected chi connectivity index (χ0v) is 13.0. The number of fused-ring (bicyclic) bond motifs is 3. The Balaban J connectivity index is 1.43. The molecule has 4 aliphatic rings. The Labute approximate surface area is 121 Å². The molecule has 0 aliphatic heterocycles. The summed E-state index contributed by atoms with van der Waals surface area (Å²) in [5.74, 6) is 1.90. The maximum Gasteiger partial charge on any atom is 0.0672 e. The fourth-order valence-electron chi connectivity index (χ4n) is 5.11. The van der Waals surface area contributed by atoms with E-state index in [0.29, 0.717) is 11.5 Å². The van der Waals surface area contributed by atoms with Crippen LogP contribution in [0.15, 0.2) is 0 Å². The van der Waals surface area contributed by atoms with Crippen LogP contribution in [0.5, 0.6) is 0 Å². The first-order valence-corrected chi connectivity index (χ1v) is 8.34. The minimum absolute atomic E-state index is 0.582. The molecular weight excluding hydrogens is 246 g/mol. The molecule has 3 nitrogen and oxygen atoms in total. The van der Waals surface area contributed by atoms with Crippen LogP contribution in [0.25, 0.3) is 0 Å². The van der Waals surface area contributed by atoms with Crippen molar-refractivity contribution in [2.45, 2.75) is 71.4 Å². The fraction of sp³-hybridized carbons (Fsp3) is 0.824. The fourth-order valence-corrected chi connectivity index (χ4v) is 5.11. The Morgan fingerprint density at radius 2 is 2.10 bits per heavy atom. The average molecular weight is 273 g/mol. The van der Waals surface area contributed by atoms with Crippen LogP contribution < -0.4 is 5.32 Å². The second kappa shape index (κ2) is 4.33. The molecule has 5 rings (SSSR count). The second-order valence-electron chi connectivity index (χ2n) is 7.92. The number of hydrogen-bond donors (Lipinski definition) is 2. The molecule has 3 saturated carbocycles. The Bertz CT molecular complexity index is 514. The lowest BCUT2D eigenvalue weighted by atomic mass is 9.47. The Hall–Kier alpha value is -0.830. The summed E-state index contributed by atoms with van der Waals surface area (Å²) in [5.41, 5.74) is 4.65. The van der Waals surface area contributed by atoms with Crippen molar-refractivity contribution in [1.29, 1.82) is 0 Å². The molecule has 2 N–H and O–H groups in total. The van der Waals surface area contributed by atoms with Crippen molar-refractivity contribution in [1.82, 2.24) is 15.5 Å². The molecule has 1 aromatic heterocycles. The molecule has 1 aromatic rings. The number of nitrogens with zero attached hydrogens (tertiary/aromatic N) is 1. The van der Waals surface area contributed by atoms with E-state index in [2.05, 4.69) is 36.3 Å². The number of aryl methyl sites for hydroxylation is 1. The molecule has 2 unspecified atom stereocenters. The maximum atomic E-state index is 4.49. The van der Waals surface area contributed by atoms with Crippen molar-refractivity contribution < 1.29 is 0 Å². The number of H-pyrrole nitrogens is 1. The zero-order valence-electron chi connectivity index (χ0n) is 13.0. The van der Waals surface area contributed by atoms with Crippen LogP contribution >= 0.6 is 0 Å². The second-order valence-corrected chi connectivity index (χ2v) is 7.92. The zero-order chi connectivity index (χ0) is 13.9. The molecular formula is C17H27N3. The van der Waals surface area contributed by atoms with E-state index < -0.39 is 0 Å². The highest BCUT2D eigenvalue weighted by Crippen LogP contribution is 2.59. The van der Waals surface area contributed by atoms with Gasteiger partial charge in [0.05, 0.1) is 5.69 Å². The first kappa shape index (κ1) is 12.9. The van der Waals surface area contributed by atoms with E-state index >= 15 is 0 Å². The summed E-state index contributed by atoms with van der Waals surface area (Å²) < 4.78 is 0. The van der Waals surface area contributed by atoms with Crippen LogP contribution in [0.1, 0.15) is 56.5 Å². The van der Waals surface area contributed by atoms with Crippen LogP contribution in [-0.2, 0) is 12.8 Å². The van der Waals surface area contributed by atoms with Gasteiger partial charge in [0.15, 0.2) is 0 Å². The molecule has 3 fully saturated rings. The highest BCUT2D eigenvalue weighted by atomic mass is 15.1. The molecule has 1 heterocycles. The first-order valence-electron chi connectivity index (χ1n) is 8.34. The molecule has 0 aromatic carbocycles. The minimum atomic E-state index is 0.582. The molecule has 0 saturated heterocycles. The van der Waals surface area contributed by atoms with Gasteiger partial charge >= 0.3 is 0 Å². The van der Waals surface area contributed by atoms with Gasteiger partial charge in [0.2, 0.25) is 0 Å². The predicted molar refractivity (Wildman–Crippen MR) is 80.7 cm³/mol. The van der Waals surface area contributed by atoms with Crippen molar-refractivity contribution >= 4 is 0 Å². The largest absolute Gasteiger partial charge is 0.311 e. The van der Waals surface area contributed by atoms with Gasteiger partial charge < -0.3 is 5.32 Å². The van der Waals surface area contributed by atoms with Crippen molar-refractivity contribution in [2.75, 3.05) is 0 Å². The first-order chi connectivity index (χ1) is 9.55. The van der Waals surface area contributed by atoms with Gasteiger partial charge in [-0.3, -0.25) is 5.10 Å². The van der Waals surface area contributed by atoms with Gasteiger partial charge in [-0.05, 0) is 61.8 Å². The van der Waals surface area contributed by atoms with Gasteiger partial charge in [-0.1, -0.05) is 13.8 Å². The van der Waals surface area contributed by atoms with Gasteiger partial charge in [0.25, 0.3) is 0 Å². The topological polar surface area (TPSA) is 40.7 Å². The van der Waals surface area contributed by atoms with Crippen LogP contribution in [0.4, 0.5) is 0 Å². The summed E-state index contributed by atoms with van der Waals surface area (Å²) in [6.07, 6.45) is 7.87. The lowest BCUT2D eigenvalue weighted by molar-refractivity contribution is -0.0893. The summed E-state index contributed by atoms with van der Waals surface area (Å²) in [6.45, 7) is 7.11. The predicted octanol–water partition coefficient (Wildman–Crippen LogP) is 2.99. The molecule has 0 spiro atoms. The molecule has 20 heavy (non-hydrogen) atoms. The van der Waals surface area contributed by atoms with Crippen molar-refractivity contribution in [3.05, 3.63) is 17.0 Å². The van der Waals surface area contributed by atoms with Gasteiger partial charge in [0.1, 0.15) is 0 Å². The highest BCUT2D eigenvalue weighted by Gasteiger charge is 2.54. The third kappa shape index (κ3) is 1.78. The smallest absolute Gasteiger partial charge is 0.0672 e. The van der Waals surface area contributed by atoms with Crippen LogP contribution in [0.3, 0.4) is 0 Å². The molecule has 0 amide bonds. The summed E-state index contributed by atoms with van der Waals surface area (Å²) in [4.78, 5) is 0. The quantitative estimate of drug-likeness (QED) is 0.869. The Morgan fingerprint density at radius 1 is 1.25 bits per heavy atom. The highest BCUT2D eigenvalue weighted by molar-refractivity contribution is 5.28. The third-order valence-corrected chi connectivity index (χ3v) is 6.65. The molecule has 2 bridgehead atoms. The van der Waals surface area contributed by atoms with E-state index in [9.17, 15) is 0 Å². The number of rotatable bonds is 2. The van der Waals surface area contributed by atoms with Crippen LogP contribution in [0.2, 0.25) is 0 Å². The Morgan fingerprint density at radius 3 is 2.85 bits per heavy atom. The van der Waals surface area contributed by atoms with E-state index in [0.717, 1.165) is 24.3 Å². The number of hydrogen-bond acceptors (Lipinski definition) is 2. The lowest BCUT2D eigenvalue weighted by Gasteiger charge is -2.60. The van der Waals surface area contributed by atoms with Crippen LogP contribution in [-0.4, -0.2) is 22.3 Å². The van der Waals surface area contributed by atoms with Gasteiger partial charge in [-0.2, -0.15) is 5.10 Å². The SMILES string of the molecule is Cc1[nH]nc2c1CCC(NC1CC[C@H]3C[C@@H]1C3(C)C)C2. The van der Waals surface area contributed by atoms with E-state index in [1.54, 1.807) is 0 Å². The van der Waals surface area contributed by atoms with Crippen molar-refractivity contribution in [3.8, 4) is 0 Å². The molecule has 3 heteroatoms. The lowest BCUT2D eigenvalue weighted by Crippen LogP contribution is -2.60. The summed E-state index contributed by atoms with van der Waals surface area (Å²) in [6, 6.07) is 1.39. The normalized spacial score (nSPS) is 38.1. The van der Waals surface area contributed by atoms with Crippen LogP contribution in [0, 0.1) is 24.2 Å². The van der Waals surface area contributed by atoms with Gasteiger partial charge in [-0.25, -0.2) is 0 Å². The van der Waals surface area contributed by atoms with E-state index in [1.165, 1.54) is 49.1 Å². The minimum Gasteiger partial charge on any atom is -0.311 e. The molecule has 110 valence electrons. The number of nitrogens with one attached hydrogen (secondary N) is 2. The average Bonchev–Trinajstić information content (AvgIpc) is 2.80. The van der Waals surface area contributed by atoms with E-state index in [1.807, 2.05) is 0 Å². The monoisotopic (exact) mass is 273 g/mol. The Kier molecular flexibility index (Phi) is 2.79. The van der Waals surface area contributed by atoms with E-state index in [4.69, 9.17) is 0 Å². The molecule has 4 atom stereocenters. The van der Waals surface area contributed by atoms with Crippen molar-refractivity contribution in [2.24, 2.45) is 17.3 Å². The molecule has 4 aliphatic carbocycles. The third-order valence-electron chi connectivity index (χ3n) is 6.65. The van der Waals surface area contributed by atoms with Gasteiger partial charge in [-0.15, -0.1) is 0 Å². The number of aromatic nitrogens is 2. The summed E-state index contributed by atoms with van der Waals surface area (Å²) >= 11 is 0. The maximum absolute atomic E-state index is 4.49. The van der Waals surface area contributed by atoms with Gasteiger partial charge in [0, 0.05) is 24.2 Å². The standard InChI is InChI=1S/C17H27N3/c1-10-13-6-5-12(9-16(13)20-19-10)18-15-7-4-11-8-14(15)17(11,2)3/h11-12,14-15,18H,4-9H2,1-3H3,(H,19,20)/t11-,12?,14-,15?/m0/s1. The summed E-state index contributed by atoms with van der Waals surface area (Å²) in [7, 11) is 0. The van der Waals surface area contributed by atoms with Crippen molar-refractivity contribution in [3.63, 3.8) is 0 Å². The van der Waals surface area contributed by atoms with E-state index in [-0.39, 0.29) is 0 Å². The molecule has 0 radical (unpaired) electrons. The summed E-state index contributed by atoms with van der Waals surface area (Å²) in [5, 5.41) is 11.6.